The summed E-state index contributed by atoms with van der Waals surface area (Å²) >= 11 is 0. The van der Waals surface area contributed by atoms with Gasteiger partial charge in [0.25, 0.3) is 0 Å². The normalized spacial score (nSPS) is 16.4. The van der Waals surface area contributed by atoms with Crippen LogP contribution < -0.4 is 15.4 Å². The number of morpholine rings is 1. The van der Waals surface area contributed by atoms with Gasteiger partial charge in [0.1, 0.15) is 11.6 Å². The van der Waals surface area contributed by atoms with Crippen LogP contribution in [-0.2, 0) is 11.3 Å². The first kappa shape index (κ1) is 27.2. The Morgan fingerprint density at radius 2 is 2.06 bits per heavy atom. The number of ether oxygens (including phenoxy) is 2. The Balaban J connectivity index is 0.00000385. The van der Waals surface area contributed by atoms with Crippen molar-refractivity contribution in [2.24, 2.45) is 4.99 Å². The highest BCUT2D eigenvalue weighted by Gasteiger charge is 2.25. The van der Waals surface area contributed by atoms with Gasteiger partial charge in [-0.2, -0.15) is 0 Å². The summed E-state index contributed by atoms with van der Waals surface area (Å²) in [6.07, 6.45) is 1.62. The number of benzene rings is 1. The van der Waals surface area contributed by atoms with Gasteiger partial charge in [-0.15, -0.1) is 24.0 Å². The molecule has 1 aromatic carbocycles. The zero-order valence-electron chi connectivity index (χ0n) is 19.1. The van der Waals surface area contributed by atoms with Gasteiger partial charge in [0.2, 0.25) is 5.88 Å². The first-order valence-corrected chi connectivity index (χ1v) is 10.9. The molecule has 0 spiro atoms. The maximum atomic E-state index is 13.5. The van der Waals surface area contributed by atoms with E-state index in [4.69, 9.17) is 9.47 Å². The first-order chi connectivity index (χ1) is 15.4. The van der Waals surface area contributed by atoms with Crippen molar-refractivity contribution in [2.45, 2.75) is 26.0 Å². The number of pyridine rings is 1. The average molecular weight is 573 g/mol. The van der Waals surface area contributed by atoms with Gasteiger partial charge in [-0.3, -0.25) is 4.90 Å². The molecule has 182 valence electrons. The maximum Gasteiger partial charge on any atom is 0.224 e. The third-order valence-electron chi connectivity index (χ3n) is 4.92. The van der Waals surface area contributed by atoms with Crippen molar-refractivity contribution in [1.29, 1.82) is 0 Å². The van der Waals surface area contributed by atoms with E-state index in [2.05, 4.69) is 25.5 Å². The number of aromatic nitrogens is 1. The van der Waals surface area contributed by atoms with Gasteiger partial charge in [0, 0.05) is 50.6 Å². The highest BCUT2D eigenvalue weighted by Crippen LogP contribution is 2.24. The molecule has 2 aromatic rings. The molecule has 10 heteroatoms. The Kier molecular flexibility index (Phi) is 11.2. The fourth-order valence-electron chi connectivity index (χ4n) is 3.36. The lowest BCUT2D eigenvalue weighted by Gasteiger charge is -2.34. The molecule has 0 amide bonds. The molecule has 8 nitrogen and oxygen atoms in total. The summed E-state index contributed by atoms with van der Waals surface area (Å²) in [5.74, 6) is 0.950. The minimum absolute atomic E-state index is 0. The maximum absolute atomic E-state index is 13.5. The number of halogens is 2. The van der Waals surface area contributed by atoms with Crippen LogP contribution in [0.1, 0.15) is 19.4 Å². The lowest BCUT2D eigenvalue weighted by atomic mass is 10.1. The van der Waals surface area contributed by atoms with Crippen molar-refractivity contribution >= 4 is 29.9 Å². The van der Waals surface area contributed by atoms with Crippen LogP contribution in [0.25, 0.3) is 0 Å². The Bertz CT molecular complexity index is 894. The monoisotopic (exact) mass is 573 g/mol. The quantitative estimate of drug-likeness (QED) is 0.242. The number of hydrogen-bond acceptors (Lipinski definition) is 6. The number of guanidine groups is 1. The van der Waals surface area contributed by atoms with Gasteiger partial charge in [0.05, 0.1) is 25.4 Å². The van der Waals surface area contributed by atoms with Crippen molar-refractivity contribution in [3.8, 4) is 11.6 Å². The molecule has 0 saturated carbocycles. The molecule has 1 aromatic heterocycles. The van der Waals surface area contributed by atoms with E-state index in [1.165, 1.54) is 12.1 Å². The minimum atomic E-state index is -0.923. The van der Waals surface area contributed by atoms with E-state index >= 15 is 0 Å². The van der Waals surface area contributed by atoms with E-state index in [1.807, 2.05) is 19.9 Å². The van der Waals surface area contributed by atoms with E-state index in [9.17, 15) is 9.50 Å². The van der Waals surface area contributed by atoms with E-state index in [1.54, 1.807) is 24.4 Å². The molecule has 3 rings (SSSR count). The molecule has 0 radical (unpaired) electrons. The molecule has 0 aliphatic carbocycles. The Labute approximate surface area is 211 Å². The predicted molar refractivity (Wildman–Crippen MR) is 137 cm³/mol. The number of rotatable bonds is 9. The molecule has 1 saturated heterocycles. The molecule has 33 heavy (non-hydrogen) atoms. The molecule has 0 bridgehead atoms. The highest BCUT2D eigenvalue weighted by molar-refractivity contribution is 14.0. The molecular formula is C23H33FIN5O3. The summed E-state index contributed by atoms with van der Waals surface area (Å²) in [6, 6.07) is 9.59. The number of β-amino-alcohol motifs (C(OH)–C–C–N with tert-alkyl or cyclic N) is 1. The van der Waals surface area contributed by atoms with Crippen LogP contribution in [0, 0.1) is 5.82 Å². The van der Waals surface area contributed by atoms with Gasteiger partial charge in [-0.05, 0) is 32.0 Å². The Hall–Kier alpha value is -2.02. The van der Waals surface area contributed by atoms with Crippen LogP contribution in [0.5, 0.6) is 11.6 Å². The summed E-state index contributed by atoms with van der Waals surface area (Å²) < 4.78 is 24.6. The smallest absolute Gasteiger partial charge is 0.224 e. The topological polar surface area (TPSA) is 91.2 Å². The summed E-state index contributed by atoms with van der Waals surface area (Å²) in [4.78, 5) is 11.1. The highest BCUT2D eigenvalue weighted by atomic mass is 127. The van der Waals surface area contributed by atoms with Crippen LogP contribution in [0.3, 0.4) is 0 Å². The average Bonchev–Trinajstić information content (AvgIpc) is 2.77. The number of hydrogen-bond donors (Lipinski definition) is 3. The molecule has 1 unspecified atom stereocenters. The third kappa shape index (κ3) is 9.40. The van der Waals surface area contributed by atoms with Crippen LogP contribution in [-0.4, -0.2) is 72.5 Å². The number of aliphatic imine (C=N–C) groups is 1. The minimum Gasteiger partial charge on any atom is -0.439 e. The van der Waals surface area contributed by atoms with E-state index < -0.39 is 5.60 Å². The van der Waals surface area contributed by atoms with Crippen molar-refractivity contribution in [3.05, 3.63) is 54.0 Å². The molecule has 2 heterocycles. The zero-order valence-corrected chi connectivity index (χ0v) is 21.4. The lowest BCUT2D eigenvalue weighted by Crippen LogP contribution is -2.52. The second kappa shape index (κ2) is 13.6. The van der Waals surface area contributed by atoms with Gasteiger partial charge >= 0.3 is 0 Å². The Morgan fingerprint density at radius 3 is 2.79 bits per heavy atom. The lowest BCUT2D eigenvalue weighted by molar-refractivity contribution is -0.0201. The standard InChI is InChI=1S/C23H32FN5O3.HI/c1-3-25-22(28-16-23(2,30)17-29-10-12-31-13-11-29)27-15-18-6-5-9-26-21(18)32-20-8-4-7-19(24)14-20;/h4-9,14,30H,3,10-13,15-17H2,1-2H3,(H2,25,27,28);1H. The molecular weight excluding hydrogens is 540 g/mol. The van der Waals surface area contributed by atoms with Crippen LogP contribution in [0.2, 0.25) is 0 Å². The van der Waals surface area contributed by atoms with Crippen molar-refractivity contribution in [2.75, 3.05) is 45.9 Å². The van der Waals surface area contributed by atoms with Gasteiger partial charge < -0.3 is 25.2 Å². The van der Waals surface area contributed by atoms with Gasteiger partial charge in [-0.25, -0.2) is 14.4 Å². The van der Waals surface area contributed by atoms with Crippen LogP contribution in [0.15, 0.2) is 47.6 Å². The molecule has 1 atom stereocenters. The summed E-state index contributed by atoms with van der Waals surface area (Å²) in [5, 5.41) is 17.2. The SMILES string of the molecule is CCNC(=NCc1cccnc1Oc1cccc(F)c1)NCC(C)(O)CN1CCOCC1.I. The molecule has 1 fully saturated rings. The van der Waals surface area contributed by atoms with E-state index in [-0.39, 0.29) is 29.8 Å². The number of nitrogens with zero attached hydrogens (tertiary/aromatic N) is 3. The fourth-order valence-corrected chi connectivity index (χ4v) is 3.36. The van der Waals surface area contributed by atoms with Crippen LogP contribution in [0.4, 0.5) is 4.39 Å². The molecule has 1 aliphatic heterocycles. The number of aliphatic hydroxyl groups is 1. The van der Waals surface area contributed by atoms with E-state index in [0.29, 0.717) is 57.0 Å². The number of nitrogens with one attached hydrogen (secondary N) is 2. The van der Waals surface area contributed by atoms with Gasteiger partial charge in [0.15, 0.2) is 5.96 Å². The molecule has 1 aliphatic rings. The second-order valence-corrected chi connectivity index (χ2v) is 7.96. The van der Waals surface area contributed by atoms with Crippen molar-refractivity contribution < 1.29 is 19.0 Å². The van der Waals surface area contributed by atoms with Crippen molar-refractivity contribution in [1.82, 2.24) is 20.5 Å². The van der Waals surface area contributed by atoms with Crippen LogP contribution >= 0.6 is 24.0 Å². The van der Waals surface area contributed by atoms with E-state index in [0.717, 1.165) is 18.7 Å². The molecule has 3 N–H and O–H groups in total. The fraction of sp³-hybridized carbons (Fsp3) is 0.478. The summed E-state index contributed by atoms with van der Waals surface area (Å²) in [6.45, 7) is 8.69. The predicted octanol–water partition coefficient (Wildman–Crippen LogP) is 2.77. The second-order valence-electron chi connectivity index (χ2n) is 7.96. The van der Waals surface area contributed by atoms with Gasteiger partial charge in [-0.1, -0.05) is 12.1 Å². The summed E-state index contributed by atoms with van der Waals surface area (Å²) in [5.41, 5.74) is -0.165. The summed E-state index contributed by atoms with van der Waals surface area (Å²) in [7, 11) is 0. The zero-order chi connectivity index (χ0) is 22.8. The Morgan fingerprint density at radius 1 is 1.27 bits per heavy atom. The first-order valence-electron chi connectivity index (χ1n) is 10.9. The van der Waals surface area contributed by atoms with Crippen molar-refractivity contribution in [3.63, 3.8) is 0 Å². The largest absolute Gasteiger partial charge is 0.439 e. The third-order valence-corrected chi connectivity index (χ3v) is 4.92.